The number of hydrogen-bond acceptors (Lipinski definition) is 5. The highest BCUT2D eigenvalue weighted by Gasteiger charge is 2.34. The third-order valence-corrected chi connectivity index (χ3v) is 6.81. The maximum Gasteiger partial charge on any atom is 0.244 e. The Hall–Kier alpha value is -1.93. The second-order valence-electron chi connectivity index (χ2n) is 8.78. The average Bonchev–Trinajstić information content (AvgIpc) is 3.27. The van der Waals surface area contributed by atoms with E-state index in [0.29, 0.717) is 18.5 Å². The van der Waals surface area contributed by atoms with Crippen LogP contribution >= 0.6 is 0 Å². The highest BCUT2D eigenvalue weighted by Crippen LogP contribution is 2.25. The Morgan fingerprint density at radius 1 is 0.966 bits per heavy atom. The summed E-state index contributed by atoms with van der Waals surface area (Å²) in [5.41, 5.74) is 0. The van der Waals surface area contributed by atoms with Gasteiger partial charge in [0.05, 0.1) is 5.92 Å². The maximum atomic E-state index is 13.0. The first kappa shape index (κ1) is 20.3. The summed E-state index contributed by atoms with van der Waals surface area (Å²) >= 11 is 0. The number of nitrogens with zero attached hydrogens (tertiary/aromatic N) is 6. The second-order valence-corrected chi connectivity index (χ2v) is 8.78. The van der Waals surface area contributed by atoms with Gasteiger partial charge in [-0.1, -0.05) is 0 Å². The van der Waals surface area contributed by atoms with Crippen LogP contribution in [-0.2, 0) is 16.1 Å². The number of carbonyl (C=O) groups excluding carboxylic acids is 2. The van der Waals surface area contributed by atoms with Crippen molar-refractivity contribution in [2.75, 3.05) is 59.4 Å². The Morgan fingerprint density at radius 2 is 1.72 bits per heavy atom. The molecule has 0 bridgehead atoms. The molecule has 2 amide bonds. The van der Waals surface area contributed by atoms with Gasteiger partial charge in [-0.2, -0.15) is 5.10 Å². The molecule has 0 saturated carbocycles. The number of likely N-dealkylation sites (N-methyl/N-ethyl adjacent to an activating group) is 1. The molecule has 1 aromatic rings. The Kier molecular flexibility index (Phi) is 6.50. The van der Waals surface area contributed by atoms with Gasteiger partial charge in [0.1, 0.15) is 6.54 Å². The van der Waals surface area contributed by atoms with Gasteiger partial charge in [-0.05, 0) is 45.3 Å². The van der Waals surface area contributed by atoms with Gasteiger partial charge in [-0.25, -0.2) is 0 Å². The standard InChI is InChI=1S/C21H34N6O2/c1-23-12-14-25(15-13-23)21(29)18-4-2-8-26(16-18)19-5-10-24(11-6-19)20(28)17-27-9-3-7-22-27/h3,7,9,18-19H,2,4-6,8,10-17H2,1H3/t18-/m0/s1. The van der Waals surface area contributed by atoms with Crippen molar-refractivity contribution in [1.29, 1.82) is 0 Å². The monoisotopic (exact) mass is 402 g/mol. The quantitative estimate of drug-likeness (QED) is 0.728. The third kappa shape index (κ3) is 4.98. The van der Waals surface area contributed by atoms with Crippen LogP contribution in [0.4, 0.5) is 0 Å². The molecule has 8 heteroatoms. The third-order valence-electron chi connectivity index (χ3n) is 6.81. The molecule has 3 aliphatic heterocycles. The largest absolute Gasteiger partial charge is 0.341 e. The summed E-state index contributed by atoms with van der Waals surface area (Å²) in [4.78, 5) is 34.3. The highest BCUT2D eigenvalue weighted by atomic mass is 16.2. The van der Waals surface area contributed by atoms with Crippen LogP contribution < -0.4 is 0 Å². The number of carbonyl (C=O) groups is 2. The van der Waals surface area contributed by atoms with E-state index in [9.17, 15) is 9.59 Å². The lowest BCUT2D eigenvalue weighted by Gasteiger charge is -2.43. The molecular weight excluding hydrogens is 368 g/mol. The van der Waals surface area contributed by atoms with Gasteiger partial charge < -0.3 is 14.7 Å². The van der Waals surface area contributed by atoms with Gasteiger partial charge in [-0.15, -0.1) is 0 Å². The predicted molar refractivity (Wildman–Crippen MR) is 110 cm³/mol. The van der Waals surface area contributed by atoms with Gasteiger partial charge in [0.2, 0.25) is 11.8 Å². The fourth-order valence-corrected chi connectivity index (χ4v) is 4.94. The maximum absolute atomic E-state index is 13.0. The number of piperidine rings is 2. The molecule has 8 nitrogen and oxygen atoms in total. The minimum Gasteiger partial charge on any atom is -0.341 e. The fourth-order valence-electron chi connectivity index (χ4n) is 4.94. The lowest BCUT2D eigenvalue weighted by Crippen LogP contribution is -2.54. The van der Waals surface area contributed by atoms with E-state index in [1.54, 1.807) is 10.9 Å². The fraction of sp³-hybridized carbons (Fsp3) is 0.762. The molecule has 0 unspecified atom stereocenters. The Bertz CT molecular complexity index is 677. The summed E-state index contributed by atoms with van der Waals surface area (Å²) in [6, 6.07) is 2.34. The second kappa shape index (κ2) is 9.26. The first-order valence-corrected chi connectivity index (χ1v) is 11.1. The van der Waals surface area contributed by atoms with Crippen molar-refractivity contribution in [3.05, 3.63) is 18.5 Å². The van der Waals surface area contributed by atoms with Crippen LogP contribution in [0, 0.1) is 5.92 Å². The van der Waals surface area contributed by atoms with Crippen LogP contribution in [0.2, 0.25) is 0 Å². The van der Waals surface area contributed by atoms with E-state index in [4.69, 9.17) is 0 Å². The lowest BCUT2D eigenvalue weighted by atomic mass is 9.92. The predicted octanol–water partition coefficient (Wildman–Crippen LogP) is 0.360. The smallest absolute Gasteiger partial charge is 0.244 e. The van der Waals surface area contributed by atoms with E-state index in [1.165, 1.54) is 0 Å². The summed E-state index contributed by atoms with van der Waals surface area (Å²) in [6.45, 7) is 7.58. The van der Waals surface area contributed by atoms with Crippen molar-refractivity contribution < 1.29 is 9.59 Å². The van der Waals surface area contributed by atoms with Crippen molar-refractivity contribution in [2.24, 2.45) is 5.92 Å². The number of rotatable bonds is 4. The normalized spacial score (nSPS) is 25.3. The average molecular weight is 403 g/mol. The van der Waals surface area contributed by atoms with Gasteiger partial charge in [0, 0.05) is 64.2 Å². The van der Waals surface area contributed by atoms with Crippen molar-refractivity contribution >= 4 is 11.8 Å². The van der Waals surface area contributed by atoms with Crippen LogP contribution in [-0.4, -0.2) is 107 Å². The molecule has 1 atom stereocenters. The van der Waals surface area contributed by atoms with E-state index in [1.807, 2.05) is 17.2 Å². The van der Waals surface area contributed by atoms with Crippen molar-refractivity contribution in [1.82, 2.24) is 29.4 Å². The molecule has 0 spiro atoms. The molecule has 160 valence electrons. The zero-order chi connectivity index (χ0) is 20.2. The van der Waals surface area contributed by atoms with Crippen molar-refractivity contribution in [2.45, 2.75) is 38.3 Å². The zero-order valence-corrected chi connectivity index (χ0v) is 17.6. The number of aromatic nitrogens is 2. The van der Waals surface area contributed by atoms with Gasteiger partial charge in [0.25, 0.3) is 0 Å². The van der Waals surface area contributed by atoms with E-state index >= 15 is 0 Å². The van der Waals surface area contributed by atoms with Gasteiger partial charge >= 0.3 is 0 Å². The van der Waals surface area contributed by atoms with Crippen LogP contribution in [0.25, 0.3) is 0 Å². The zero-order valence-electron chi connectivity index (χ0n) is 17.6. The first-order chi connectivity index (χ1) is 14.1. The molecule has 0 aliphatic carbocycles. The van der Waals surface area contributed by atoms with E-state index in [0.717, 1.165) is 78.0 Å². The van der Waals surface area contributed by atoms with Gasteiger partial charge in [0.15, 0.2) is 0 Å². The summed E-state index contributed by atoms with van der Waals surface area (Å²) in [6.07, 6.45) is 7.65. The molecule has 29 heavy (non-hydrogen) atoms. The molecule has 3 saturated heterocycles. The molecule has 0 N–H and O–H groups in total. The molecule has 1 aromatic heterocycles. The topological polar surface area (TPSA) is 64.9 Å². The SMILES string of the molecule is CN1CCN(C(=O)[C@H]2CCCN(C3CCN(C(=O)Cn4cccn4)CC3)C2)CC1. The first-order valence-electron chi connectivity index (χ1n) is 11.1. The van der Waals surface area contributed by atoms with Crippen LogP contribution in [0.15, 0.2) is 18.5 Å². The molecule has 4 rings (SSSR count). The minimum atomic E-state index is 0.145. The van der Waals surface area contributed by atoms with Crippen LogP contribution in [0.5, 0.6) is 0 Å². The number of amides is 2. The summed E-state index contributed by atoms with van der Waals surface area (Å²) < 4.78 is 1.69. The number of likely N-dealkylation sites (tertiary alicyclic amines) is 2. The van der Waals surface area contributed by atoms with Crippen LogP contribution in [0.3, 0.4) is 0 Å². The summed E-state index contributed by atoms with van der Waals surface area (Å²) in [5.74, 6) is 0.648. The molecule has 0 radical (unpaired) electrons. The Morgan fingerprint density at radius 3 is 2.41 bits per heavy atom. The minimum absolute atomic E-state index is 0.145. The van der Waals surface area contributed by atoms with E-state index in [2.05, 4.69) is 26.8 Å². The van der Waals surface area contributed by atoms with Crippen LogP contribution in [0.1, 0.15) is 25.7 Å². The van der Waals surface area contributed by atoms with Crippen molar-refractivity contribution in [3.8, 4) is 0 Å². The molecule has 4 heterocycles. The molecular formula is C21H34N6O2. The summed E-state index contributed by atoms with van der Waals surface area (Å²) in [7, 11) is 2.12. The number of piperazine rings is 1. The Labute approximate surface area is 173 Å². The van der Waals surface area contributed by atoms with E-state index < -0.39 is 0 Å². The Balaban J connectivity index is 1.25. The number of hydrogen-bond donors (Lipinski definition) is 0. The lowest BCUT2D eigenvalue weighted by molar-refractivity contribution is -0.139. The highest BCUT2D eigenvalue weighted by molar-refractivity contribution is 5.79. The molecule has 3 aliphatic rings. The molecule has 3 fully saturated rings. The van der Waals surface area contributed by atoms with Crippen molar-refractivity contribution in [3.63, 3.8) is 0 Å². The van der Waals surface area contributed by atoms with Gasteiger partial charge in [-0.3, -0.25) is 19.2 Å². The summed E-state index contributed by atoms with van der Waals surface area (Å²) in [5, 5.41) is 4.13. The van der Waals surface area contributed by atoms with E-state index in [-0.39, 0.29) is 11.8 Å². The molecule has 0 aromatic carbocycles.